The Balaban J connectivity index is 1.76. The second-order valence-electron chi connectivity index (χ2n) is 5.01. The number of nitrogens with zero attached hydrogens (tertiary/aromatic N) is 3. The van der Waals surface area contributed by atoms with Gasteiger partial charge in [-0.1, -0.05) is 18.2 Å². The van der Waals surface area contributed by atoms with E-state index in [0.29, 0.717) is 0 Å². The highest BCUT2D eigenvalue weighted by atomic mass is 32.1. The highest BCUT2D eigenvalue weighted by molar-refractivity contribution is 7.19. The van der Waals surface area contributed by atoms with Crippen LogP contribution in [0.5, 0.6) is 0 Å². The Morgan fingerprint density at radius 2 is 1.95 bits per heavy atom. The Hall–Kier alpha value is -1.57. The maximum absolute atomic E-state index is 8.87. The lowest BCUT2D eigenvalue weighted by Crippen LogP contribution is -2.43. The van der Waals surface area contributed by atoms with Gasteiger partial charge in [-0.2, -0.15) is 5.26 Å². The van der Waals surface area contributed by atoms with Gasteiger partial charge in [-0.05, 0) is 23.9 Å². The quantitative estimate of drug-likeness (QED) is 0.787. The maximum Gasteiger partial charge on any atom is 0.179 e. The van der Waals surface area contributed by atoms with E-state index >= 15 is 0 Å². The van der Waals surface area contributed by atoms with Crippen LogP contribution in [0, 0.1) is 18.4 Å². The van der Waals surface area contributed by atoms with Crippen molar-refractivity contribution in [1.29, 1.82) is 5.26 Å². The average Bonchev–Trinajstić information content (AvgIpc) is 2.77. The summed E-state index contributed by atoms with van der Waals surface area (Å²) in [6.45, 7) is 6.94. The van der Waals surface area contributed by atoms with Crippen molar-refractivity contribution >= 4 is 21.4 Å². The average molecular weight is 271 g/mol. The van der Waals surface area contributed by atoms with Crippen molar-refractivity contribution in [3.8, 4) is 6.19 Å². The Bertz CT molecular complexity index is 618. The van der Waals surface area contributed by atoms with E-state index in [4.69, 9.17) is 5.26 Å². The van der Waals surface area contributed by atoms with Crippen LogP contribution in [0.15, 0.2) is 24.3 Å². The van der Waals surface area contributed by atoms with Crippen LogP contribution in [0.4, 0.5) is 0 Å². The molecule has 0 spiro atoms. The largest absolute Gasteiger partial charge is 0.308 e. The van der Waals surface area contributed by atoms with E-state index in [-0.39, 0.29) is 0 Å². The van der Waals surface area contributed by atoms with E-state index in [0.717, 1.165) is 32.7 Å². The van der Waals surface area contributed by atoms with Crippen molar-refractivity contribution in [2.24, 2.45) is 0 Å². The Kier molecular flexibility index (Phi) is 3.41. The summed E-state index contributed by atoms with van der Waals surface area (Å²) in [7, 11) is 0. The van der Waals surface area contributed by atoms with Gasteiger partial charge in [0.25, 0.3) is 0 Å². The third kappa shape index (κ3) is 2.44. The molecule has 3 nitrogen and oxygen atoms in total. The molecule has 0 saturated carbocycles. The molecule has 1 aromatic heterocycles. The molecule has 1 aromatic carbocycles. The van der Waals surface area contributed by atoms with E-state index in [9.17, 15) is 0 Å². The fourth-order valence-corrected chi connectivity index (χ4v) is 3.84. The monoisotopic (exact) mass is 271 g/mol. The predicted octanol–water partition coefficient (Wildman–Crippen LogP) is 2.81. The molecule has 1 fully saturated rings. The lowest BCUT2D eigenvalue weighted by molar-refractivity contribution is 0.168. The lowest BCUT2D eigenvalue weighted by atomic mass is 10.1. The topological polar surface area (TPSA) is 30.3 Å². The molecule has 19 heavy (non-hydrogen) atoms. The normalized spacial score (nSPS) is 16.7. The van der Waals surface area contributed by atoms with Crippen LogP contribution < -0.4 is 0 Å². The van der Waals surface area contributed by atoms with Crippen LogP contribution in [0.25, 0.3) is 10.1 Å². The first-order chi connectivity index (χ1) is 9.28. The molecular weight excluding hydrogens is 254 g/mol. The molecule has 1 aliphatic heterocycles. The Labute approximate surface area is 117 Å². The summed E-state index contributed by atoms with van der Waals surface area (Å²) < 4.78 is 1.38. The molecule has 1 saturated heterocycles. The van der Waals surface area contributed by atoms with Crippen molar-refractivity contribution in [2.45, 2.75) is 13.5 Å². The zero-order chi connectivity index (χ0) is 13.2. The van der Waals surface area contributed by atoms with E-state index in [1.54, 1.807) is 0 Å². The molecule has 0 radical (unpaired) electrons. The SMILES string of the molecule is Cc1c(CN2CCN(C#N)CC2)sc2ccccc12. The first-order valence-corrected chi connectivity index (χ1v) is 7.43. The van der Waals surface area contributed by atoms with Gasteiger partial charge in [0.15, 0.2) is 6.19 Å². The van der Waals surface area contributed by atoms with Gasteiger partial charge in [-0.15, -0.1) is 11.3 Å². The molecule has 0 unspecified atom stereocenters. The molecule has 98 valence electrons. The maximum atomic E-state index is 8.87. The molecule has 0 bridgehead atoms. The summed E-state index contributed by atoms with van der Waals surface area (Å²) >= 11 is 1.90. The van der Waals surface area contributed by atoms with Crippen LogP contribution in [0.2, 0.25) is 0 Å². The summed E-state index contributed by atoms with van der Waals surface area (Å²) in [6.07, 6.45) is 2.23. The minimum absolute atomic E-state index is 0.862. The van der Waals surface area contributed by atoms with E-state index in [1.165, 1.54) is 20.5 Å². The molecule has 2 heterocycles. The zero-order valence-corrected chi connectivity index (χ0v) is 11.9. The molecule has 3 rings (SSSR count). The van der Waals surface area contributed by atoms with Crippen LogP contribution in [-0.4, -0.2) is 36.0 Å². The van der Waals surface area contributed by atoms with Gasteiger partial charge in [-0.25, -0.2) is 0 Å². The van der Waals surface area contributed by atoms with Gasteiger partial charge in [-0.3, -0.25) is 4.90 Å². The van der Waals surface area contributed by atoms with Gasteiger partial charge >= 0.3 is 0 Å². The first-order valence-electron chi connectivity index (χ1n) is 6.62. The Morgan fingerprint density at radius 1 is 1.21 bits per heavy atom. The van der Waals surface area contributed by atoms with Gasteiger partial charge in [0.05, 0.1) is 0 Å². The number of fused-ring (bicyclic) bond motifs is 1. The number of nitriles is 1. The minimum atomic E-state index is 0.862. The van der Waals surface area contributed by atoms with Crippen molar-refractivity contribution in [1.82, 2.24) is 9.80 Å². The number of hydrogen-bond acceptors (Lipinski definition) is 4. The summed E-state index contributed by atoms with van der Waals surface area (Å²) in [5, 5.41) is 10.3. The smallest absolute Gasteiger partial charge is 0.179 e. The molecule has 0 aliphatic carbocycles. The van der Waals surface area contributed by atoms with Crippen molar-refractivity contribution in [3.63, 3.8) is 0 Å². The Morgan fingerprint density at radius 3 is 2.63 bits per heavy atom. The molecule has 0 atom stereocenters. The van der Waals surface area contributed by atoms with E-state index in [2.05, 4.69) is 42.3 Å². The van der Waals surface area contributed by atoms with Crippen LogP contribution in [-0.2, 0) is 6.54 Å². The summed E-state index contributed by atoms with van der Waals surface area (Å²) in [6, 6.07) is 8.62. The molecule has 0 N–H and O–H groups in total. The predicted molar refractivity (Wildman–Crippen MR) is 79.0 cm³/mol. The van der Waals surface area contributed by atoms with Crippen LogP contribution >= 0.6 is 11.3 Å². The van der Waals surface area contributed by atoms with Crippen molar-refractivity contribution in [2.75, 3.05) is 26.2 Å². The van der Waals surface area contributed by atoms with Gasteiger partial charge in [0.2, 0.25) is 0 Å². The summed E-state index contributed by atoms with van der Waals surface area (Å²) in [4.78, 5) is 5.76. The molecular formula is C15H17N3S. The zero-order valence-electron chi connectivity index (χ0n) is 11.1. The number of piperazine rings is 1. The van der Waals surface area contributed by atoms with E-state index in [1.807, 2.05) is 16.2 Å². The van der Waals surface area contributed by atoms with Crippen LogP contribution in [0.3, 0.4) is 0 Å². The number of hydrogen-bond donors (Lipinski definition) is 0. The molecule has 0 amide bonds. The second kappa shape index (κ2) is 5.20. The third-order valence-corrected chi connectivity index (χ3v) is 5.08. The minimum Gasteiger partial charge on any atom is -0.308 e. The highest BCUT2D eigenvalue weighted by Gasteiger charge is 2.17. The molecule has 2 aromatic rings. The number of aryl methyl sites for hydroxylation is 1. The highest BCUT2D eigenvalue weighted by Crippen LogP contribution is 2.31. The van der Waals surface area contributed by atoms with E-state index < -0.39 is 0 Å². The van der Waals surface area contributed by atoms with Crippen molar-refractivity contribution in [3.05, 3.63) is 34.7 Å². The fourth-order valence-electron chi connectivity index (χ4n) is 2.58. The van der Waals surface area contributed by atoms with Gasteiger partial charge in [0.1, 0.15) is 0 Å². The second-order valence-corrected chi connectivity index (χ2v) is 6.15. The molecule has 1 aliphatic rings. The first kappa shape index (κ1) is 12.5. The summed E-state index contributed by atoms with van der Waals surface area (Å²) in [5.74, 6) is 0. The standard InChI is InChI=1S/C15H17N3S/c1-12-13-4-2-3-5-14(13)19-15(12)10-17-6-8-18(11-16)9-7-17/h2-5H,6-10H2,1H3. The fraction of sp³-hybridized carbons (Fsp3) is 0.400. The van der Waals surface area contributed by atoms with Crippen LogP contribution in [0.1, 0.15) is 10.4 Å². The summed E-state index contributed by atoms with van der Waals surface area (Å²) in [5.41, 5.74) is 1.42. The number of rotatable bonds is 2. The molecule has 4 heteroatoms. The van der Waals surface area contributed by atoms with Crippen molar-refractivity contribution < 1.29 is 0 Å². The lowest BCUT2D eigenvalue weighted by Gasteiger charge is -2.31. The number of thiophene rings is 1. The number of benzene rings is 1. The van der Waals surface area contributed by atoms with Gasteiger partial charge in [0, 0.05) is 42.3 Å². The third-order valence-electron chi connectivity index (χ3n) is 3.82. The van der Waals surface area contributed by atoms with Gasteiger partial charge < -0.3 is 4.90 Å².